The number of guanidine groups is 1. The van der Waals surface area contributed by atoms with Gasteiger partial charge in [-0.15, -0.1) is 0 Å². The fourth-order valence-corrected chi connectivity index (χ4v) is 2.47. The highest BCUT2D eigenvalue weighted by atomic mass is 32.2. The average Bonchev–Trinajstić information content (AvgIpc) is 3.26. The van der Waals surface area contributed by atoms with Crippen molar-refractivity contribution in [2.45, 2.75) is 24.2 Å². The Bertz CT molecular complexity index is 592. The number of sulfonamides is 1. The first-order valence-electron chi connectivity index (χ1n) is 7.05. The van der Waals surface area contributed by atoms with Gasteiger partial charge in [-0.3, -0.25) is 4.99 Å². The number of benzene rings is 1. The molecule has 6 nitrogen and oxygen atoms in total. The van der Waals surface area contributed by atoms with Gasteiger partial charge in [-0.05, 0) is 42.9 Å². The Hall–Kier alpha value is -1.60. The van der Waals surface area contributed by atoms with E-state index in [9.17, 15) is 8.42 Å². The number of hydrogen-bond donors (Lipinski definition) is 3. The van der Waals surface area contributed by atoms with Gasteiger partial charge in [0.1, 0.15) is 0 Å². The molecule has 1 fully saturated rings. The minimum absolute atomic E-state index is 0.140. The summed E-state index contributed by atoms with van der Waals surface area (Å²) in [5.41, 5.74) is 1.05. The van der Waals surface area contributed by atoms with Crippen LogP contribution >= 0.6 is 0 Å². The van der Waals surface area contributed by atoms with Crippen molar-refractivity contribution < 1.29 is 8.42 Å². The Morgan fingerprint density at radius 1 is 1.29 bits per heavy atom. The molecule has 1 aromatic carbocycles. The Morgan fingerprint density at radius 2 is 1.95 bits per heavy atom. The Balaban J connectivity index is 1.76. The molecule has 1 aromatic rings. The third kappa shape index (κ3) is 5.35. The smallest absolute Gasteiger partial charge is 0.238 e. The molecule has 2 rings (SSSR count). The van der Waals surface area contributed by atoms with Crippen LogP contribution in [0.15, 0.2) is 34.2 Å². The van der Waals surface area contributed by atoms with Crippen molar-refractivity contribution in [3.63, 3.8) is 0 Å². The van der Waals surface area contributed by atoms with Gasteiger partial charge >= 0.3 is 0 Å². The average molecular weight is 310 g/mol. The second-order valence-corrected chi connectivity index (χ2v) is 6.82. The molecule has 0 aromatic heterocycles. The molecule has 7 heteroatoms. The molecule has 0 unspecified atom stereocenters. The topological polar surface area (TPSA) is 96.6 Å². The highest BCUT2D eigenvalue weighted by Gasteiger charge is 2.20. The lowest BCUT2D eigenvalue weighted by atomic mass is 10.1. The maximum absolute atomic E-state index is 11.2. The third-order valence-corrected chi connectivity index (χ3v) is 4.37. The summed E-state index contributed by atoms with van der Waals surface area (Å²) in [4.78, 5) is 4.30. The number of rotatable bonds is 6. The van der Waals surface area contributed by atoms with E-state index in [1.807, 2.05) is 0 Å². The normalized spacial score (nSPS) is 15.8. The zero-order valence-corrected chi connectivity index (χ0v) is 13.0. The molecular weight excluding hydrogens is 288 g/mol. The predicted molar refractivity (Wildman–Crippen MR) is 83.6 cm³/mol. The Morgan fingerprint density at radius 3 is 2.48 bits per heavy atom. The zero-order chi connectivity index (χ0) is 15.3. The summed E-state index contributed by atoms with van der Waals surface area (Å²) in [6.45, 7) is 1.71. The second-order valence-electron chi connectivity index (χ2n) is 5.26. The van der Waals surface area contributed by atoms with Gasteiger partial charge in [0.2, 0.25) is 10.0 Å². The van der Waals surface area contributed by atoms with Gasteiger partial charge < -0.3 is 10.6 Å². The first kappa shape index (κ1) is 15.8. The van der Waals surface area contributed by atoms with E-state index in [1.54, 1.807) is 19.2 Å². The lowest BCUT2D eigenvalue weighted by molar-refractivity contribution is 0.598. The molecule has 1 aliphatic rings. The minimum atomic E-state index is -3.61. The van der Waals surface area contributed by atoms with Gasteiger partial charge in [0.15, 0.2) is 5.96 Å². The molecule has 1 saturated carbocycles. The van der Waals surface area contributed by atoms with Crippen molar-refractivity contribution in [3.8, 4) is 0 Å². The van der Waals surface area contributed by atoms with Crippen LogP contribution in [-0.2, 0) is 16.4 Å². The van der Waals surface area contributed by atoms with Crippen LogP contribution in [0.4, 0.5) is 0 Å². The van der Waals surface area contributed by atoms with Crippen molar-refractivity contribution in [2.75, 3.05) is 20.1 Å². The maximum atomic E-state index is 11.2. The number of hydrogen-bond acceptors (Lipinski definition) is 3. The van der Waals surface area contributed by atoms with E-state index >= 15 is 0 Å². The van der Waals surface area contributed by atoms with Gasteiger partial charge in [0.25, 0.3) is 0 Å². The fourth-order valence-electron chi connectivity index (χ4n) is 1.95. The summed E-state index contributed by atoms with van der Waals surface area (Å²) < 4.78 is 22.3. The van der Waals surface area contributed by atoms with E-state index in [-0.39, 0.29) is 4.90 Å². The molecule has 0 heterocycles. The van der Waals surface area contributed by atoms with Crippen molar-refractivity contribution >= 4 is 16.0 Å². The van der Waals surface area contributed by atoms with Crippen LogP contribution in [0.2, 0.25) is 0 Å². The highest BCUT2D eigenvalue weighted by Crippen LogP contribution is 2.27. The van der Waals surface area contributed by atoms with E-state index in [2.05, 4.69) is 15.6 Å². The molecule has 0 amide bonds. The predicted octanol–water partition coefficient (Wildman–Crippen LogP) is 0.452. The Kier molecular flexibility index (Phi) is 5.19. The second kappa shape index (κ2) is 6.91. The van der Waals surface area contributed by atoms with Crippen LogP contribution in [0.25, 0.3) is 0 Å². The van der Waals surface area contributed by atoms with E-state index < -0.39 is 10.0 Å². The van der Waals surface area contributed by atoms with Crippen molar-refractivity contribution in [1.29, 1.82) is 0 Å². The van der Waals surface area contributed by atoms with E-state index in [1.165, 1.54) is 25.0 Å². The van der Waals surface area contributed by atoms with E-state index in [4.69, 9.17) is 5.14 Å². The van der Waals surface area contributed by atoms with Gasteiger partial charge in [-0.1, -0.05) is 12.1 Å². The lowest BCUT2D eigenvalue weighted by Crippen LogP contribution is -2.39. The van der Waals surface area contributed by atoms with E-state index in [0.29, 0.717) is 0 Å². The molecule has 21 heavy (non-hydrogen) atoms. The molecule has 0 aliphatic heterocycles. The van der Waals surface area contributed by atoms with Crippen LogP contribution in [0.5, 0.6) is 0 Å². The molecule has 0 spiro atoms. The standard InChI is InChI=1S/C14H22N4O2S/c1-16-14(18-10-12-2-3-12)17-9-8-11-4-6-13(7-5-11)21(15,19)20/h4-7,12H,2-3,8-10H2,1H3,(H2,15,19,20)(H2,16,17,18). The number of nitrogens with two attached hydrogens (primary N) is 1. The van der Waals surface area contributed by atoms with Crippen molar-refractivity contribution in [3.05, 3.63) is 29.8 Å². The zero-order valence-electron chi connectivity index (χ0n) is 12.2. The summed E-state index contributed by atoms with van der Waals surface area (Å²) in [5, 5.41) is 11.6. The largest absolute Gasteiger partial charge is 0.356 e. The lowest BCUT2D eigenvalue weighted by Gasteiger charge is -2.11. The molecule has 0 atom stereocenters. The van der Waals surface area contributed by atoms with E-state index in [0.717, 1.165) is 37.0 Å². The van der Waals surface area contributed by atoms with Crippen LogP contribution < -0.4 is 15.8 Å². The minimum Gasteiger partial charge on any atom is -0.356 e. The SMILES string of the molecule is CN=C(NCCc1ccc(S(N)(=O)=O)cc1)NCC1CC1. The fraction of sp³-hybridized carbons (Fsp3) is 0.500. The summed E-state index contributed by atoms with van der Waals surface area (Å²) in [6, 6.07) is 6.62. The summed E-state index contributed by atoms with van der Waals surface area (Å²) >= 11 is 0. The number of aliphatic imine (C=N–C) groups is 1. The summed E-state index contributed by atoms with van der Waals surface area (Å²) in [6.07, 6.45) is 3.40. The molecule has 4 N–H and O–H groups in total. The quantitative estimate of drug-likeness (QED) is 0.525. The number of nitrogens with one attached hydrogen (secondary N) is 2. The summed E-state index contributed by atoms with van der Waals surface area (Å²) in [7, 11) is -1.86. The summed E-state index contributed by atoms with van der Waals surface area (Å²) in [5.74, 6) is 1.61. The molecule has 0 saturated heterocycles. The van der Waals surface area contributed by atoms with Crippen molar-refractivity contribution in [1.82, 2.24) is 10.6 Å². The first-order chi connectivity index (χ1) is 9.99. The third-order valence-electron chi connectivity index (χ3n) is 3.44. The highest BCUT2D eigenvalue weighted by molar-refractivity contribution is 7.89. The van der Waals surface area contributed by atoms with Crippen LogP contribution in [0, 0.1) is 5.92 Å². The Labute approximate surface area is 125 Å². The van der Waals surface area contributed by atoms with Gasteiger partial charge in [-0.25, -0.2) is 13.6 Å². The monoisotopic (exact) mass is 310 g/mol. The molecule has 116 valence electrons. The first-order valence-corrected chi connectivity index (χ1v) is 8.60. The molecule has 0 radical (unpaired) electrons. The number of nitrogens with zero attached hydrogens (tertiary/aromatic N) is 1. The number of primary sulfonamides is 1. The molecule has 1 aliphatic carbocycles. The maximum Gasteiger partial charge on any atom is 0.238 e. The molecule has 0 bridgehead atoms. The van der Waals surface area contributed by atoms with Gasteiger partial charge in [0, 0.05) is 20.1 Å². The van der Waals surface area contributed by atoms with Gasteiger partial charge in [0.05, 0.1) is 4.90 Å². The van der Waals surface area contributed by atoms with Gasteiger partial charge in [-0.2, -0.15) is 0 Å². The van der Waals surface area contributed by atoms with Crippen LogP contribution in [0.3, 0.4) is 0 Å². The van der Waals surface area contributed by atoms with Crippen LogP contribution in [-0.4, -0.2) is 34.5 Å². The van der Waals surface area contributed by atoms with Crippen LogP contribution in [0.1, 0.15) is 18.4 Å². The molecular formula is C14H22N4O2S. The van der Waals surface area contributed by atoms with Crippen molar-refractivity contribution in [2.24, 2.45) is 16.0 Å².